The summed E-state index contributed by atoms with van der Waals surface area (Å²) in [7, 11) is 1.82. The van der Waals surface area contributed by atoms with Gasteiger partial charge in [0, 0.05) is 25.4 Å². The molecule has 0 saturated heterocycles. The molecule has 28 heavy (non-hydrogen) atoms. The first-order valence-corrected chi connectivity index (χ1v) is 10.1. The Balaban J connectivity index is 1.45. The Bertz CT molecular complexity index is 1170. The lowest BCUT2D eigenvalue weighted by Crippen LogP contribution is -2.27. The van der Waals surface area contributed by atoms with Crippen molar-refractivity contribution in [1.29, 1.82) is 0 Å². The molecule has 8 heteroatoms. The van der Waals surface area contributed by atoms with Crippen LogP contribution < -0.4 is 0 Å². The first kappa shape index (κ1) is 17.1. The number of carbonyl (C=O) groups excluding carboxylic acids is 1. The van der Waals surface area contributed by atoms with Gasteiger partial charge in [0.1, 0.15) is 10.7 Å². The van der Waals surface area contributed by atoms with E-state index in [9.17, 15) is 4.79 Å². The van der Waals surface area contributed by atoms with Crippen LogP contribution in [0.1, 0.15) is 33.4 Å². The highest BCUT2D eigenvalue weighted by Gasteiger charge is 2.23. The van der Waals surface area contributed by atoms with Crippen molar-refractivity contribution in [3.05, 3.63) is 58.6 Å². The van der Waals surface area contributed by atoms with Gasteiger partial charge in [0.15, 0.2) is 5.82 Å². The van der Waals surface area contributed by atoms with Crippen LogP contribution in [0.25, 0.3) is 15.9 Å². The van der Waals surface area contributed by atoms with E-state index in [2.05, 4.69) is 19.9 Å². The number of aromatic nitrogens is 5. The van der Waals surface area contributed by atoms with Crippen LogP contribution >= 0.6 is 11.3 Å². The summed E-state index contributed by atoms with van der Waals surface area (Å²) in [6.45, 7) is 3.38. The molecule has 0 radical (unpaired) electrons. The monoisotopic (exact) mass is 392 g/mol. The van der Waals surface area contributed by atoms with Gasteiger partial charge in [0.2, 0.25) is 0 Å². The second kappa shape index (κ2) is 6.56. The Kier molecular flexibility index (Phi) is 4.01. The SMILES string of the molecule is Cc1nn(-c2ccccc2)c2sc(C(=O)N(C)Cc3nnc4n3CCC4)cc12. The number of amides is 1. The van der Waals surface area contributed by atoms with Crippen LogP contribution in [-0.2, 0) is 19.5 Å². The number of hydrogen-bond acceptors (Lipinski definition) is 5. The molecule has 0 aliphatic carbocycles. The summed E-state index contributed by atoms with van der Waals surface area (Å²) in [5, 5.41) is 14.2. The van der Waals surface area contributed by atoms with Gasteiger partial charge in [0.25, 0.3) is 5.91 Å². The molecule has 1 aliphatic rings. The van der Waals surface area contributed by atoms with Gasteiger partial charge in [-0.2, -0.15) is 5.10 Å². The van der Waals surface area contributed by atoms with E-state index in [4.69, 9.17) is 0 Å². The third-order valence-corrected chi connectivity index (χ3v) is 6.27. The molecule has 0 unspecified atom stereocenters. The third-order valence-electron chi connectivity index (χ3n) is 5.17. The van der Waals surface area contributed by atoms with E-state index in [0.29, 0.717) is 11.4 Å². The minimum absolute atomic E-state index is 0.00411. The van der Waals surface area contributed by atoms with Crippen molar-refractivity contribution < 1.29 is 4.79 Å². The average Bonchev–Trinajstić information content (AvgIpc) is 3.46. The summed E-state index contributed by atoms with van der Waals surface area (Å²) in [6.07, 6.45) is 2.07. The zero-order valence-corrected chi connectivity index (χ0v) is 16.6. The number of fused-ring (bicyclic) bond motifs is 2. The molecular weight excluding hydrogens is 372 g/mol. The van der Waals surface area contributed by atoms with Crippen molar-refractivity contribution in [2.75, 3.05) is 7.05 Å². The van der Waals surface area contributed by atoms with Crippen LogP contribution in [0.2, 0.25) is 0 Å². The van der Waals surface area contributed by atoms with Crippen LogP contribution in [0.5, 0.6) is 0 Å². The molecule has 0 saturated carbocycles. The summed E-state index contributed by atoms with van der Waals surface area (Å²) in [5.74, 6) is 1.88. The van der Waals surface area contributed by atoms with Gasteiger partial charge in [-0.15, -0.1) is 21.5 Å². The van der Waals surface area contributed by atoms with Crippen molar-refractivity contribution in [1.82, 2.24) is 29.4 Å². The van der Waals surface area contributed by atoms with Gasteiger partial charge >= 0.3 is 0 Å². The molecule has 7 nitrogen and oxygen atoms in total. The molecule has 0 atom stereocenters. The zero-order valence-electron chi connectivity index (χ0n) is 15.8. The number of thiophene rings is 1. The highest BCUT2D eigenvalue weighted by molar-refractivity contribution is 7.20. The molecule has 1 aliphatic heterocycles. The summed E-state index contributed by atoms with van der Waals surface area (Å²) in [6, 6.07) is 12.0. The Morgan fingerprint density at radius 3 is 2.89 bits per heavy atom. The highest BCUT2D eigenvalue weighted by atomic mass is 32.1. The number of para-hydroxylation sites is 1. The van der Waals surface area contributed by atoms with Crippen molar-refractivity contribution in [3.8, 4) is 5.69 Å². The Labute approximate surface area is 166 Å². The molecule has 3 aromatic heterocycles. The van der Waals surface area contributed by atoms with E-state index in [1.165, 1.54) is 11.3 Å². The predicted molar refractivity (Wildman–Crippen MR) is 108 cm³/mol. The van der Waals surface area contributed by atoms with Gasteiger partial charge in [-0.25, -0.2) is 4.68 Å². The first-order chi connectivity index (χ1) is 13.6. The molecule has 0 N–H and O–H groups in total. The average molecular weight is 392 g/mol. The summed E-state index contributed by atoms with van der Waals surface area (Å²) in [5.41, 5.74) is 1.92. The number of rotatable bonds is 4. The zero-order chi connectivity index (χ0) is 19.3. The van der Waals surface area contributed by atoms with Gasteiger partial charge in [-0.3, -0.25) is 4.79 Å². The maximum atomic E-state index is 13.0. The molecule has 4 heterocycles. The van der Waals surface area contributed by atoms with Crippen LogP contribution in [0.15, 0.2) is 36.4 Å². The lowest BCUT2D eigenvalue weighted by atomic mass is 10.3. The van der Waals surface area contributed by atoms with Crippen molar-refractivity contribution >= 4 is 27.5 Å². The lowest BCUT2D eigenvalue weighted by molar-refractivity contribution is 0.0785. The van der Waals surface area contributed by atoms with E-state index in [1.807, 2.05) is 55.1 Å². The molecule has 4 aromatic rings. The molecule has 142 valence electrons. The number of benzene rings is 1. The first-order valence-electron chi connectivity index (χ1n) is 9.33. The molecule has 1 amide bonds. The Morgan fingerprint density at radius 2 is 2.07 bits per heavy atom. The Morgan fingerprint density at radius 1 is 1.25 bits per heavy atom. The number of nitrogens with zero attached hydrogens (tertiary/aromatic N) is 6. The van der Waals surface area contributed by atoms with Crippen LogP contribution in [-0.4, -0.2) is 42.4 Å². The maximum absolute atomic E-state index is 13.0. The summed E-state index contributed by atoms with van der Waals surface area (Å²) >= 11 is 1.48. The predicted octanol–water partition coefficient (Wildman–Crippen LogP) is 3.21. The van der Waals surface area contributed by atoms with E-state index in [-0.39, 0.29) is 5.91 Å². The fourth-order valence-corrected chi connectivity index (χ4v) is 4.87. The molecule has 0 fully saturated rings. The fourth-order valence-electron chi connectivity index (χ4n) is 3.70. The molecule has 0 bridgehead atoms. The smallest absolute Gasteiger partial charge is 0.264 e. The third kappa shape index (κ3) is 2.72. The number of carbonyl (C=O) groups is 1. The van der Waals surface area contributed by atoms with Gasteiger partial charge < -0.3 is 9.47 Å². The van der Waals surface area contributed by atoms with Gasteiger partial charge in [-0.05, 0) is 31.5 Å². The van der Waals surface area contributed by atoms with Crippen molar-refractivity contribution in [3.63, 3.8) is 0 Å². The minimum atomic E-state index is -0.00411. The molecule has 0 spiro atoms. The Hall–Kier alpha value is -3.00. The van der Waals surface area contributed by atoms with E-state index in [0.717, 1.165) is 52.6 Å². The standard InChI is InChI=1S/C20H20N6OS/c1-13-15-11-16(28-20(15)26(23-13)14-7-4-3-5-8-14)19(27)24(2)12-18-22-21-17-9-6-10-25(17)18/h3-5,7-8,11H,6,9-10,12H2,1-2H3. The molecule has 1 aromatic carbocycles. The van der Waals surface area contributed by atoms with Gasteiger partial charge in [-0.1, -0.05) is 18.2 Å². The van der Waals surface area contributed by atoms with E-state index in [1.54, 1.807) is 4.90 Å². The summed E-state index contributed by atoms with van der Waals surface area (Å²) < 4.78 is 4.05. The lowest BCUT2D eigenvalue weighted by Gasteiger charge is -2.15. The quantitative estimate of drug-likeness (QED) is 0.535. The highest BCUT2D eigenvalue weighted by Crippen LogP contribution is 2.31. The normalized spacial score (nSPS) is 13.2. The molecular formula is C20H20N6OS. The topological polar surface area (TPSA) is 68.8 Å². The van der Waals surface area contributed by atoms with E-state index >= 15 is 0 Å². The fraction of sp³-hybridized carbons (Fsp3) is 0.300. The van der Waals surface area contributed by atoms with Crippen LogP contribution in [0.4, 0.5) is 0 Å². The summed E-state index contributed by atoms with van der Waals surface area (Å²) in [4.78, 5) is 16.5. The van der Waals surface area contributed by atoms with Crippen molar-refractivity contribution in [2.24, 2.45) is 0 Å². The largest absolute Gasteiger partial charge is 0.333 e. The number of aryl methyl sites for hydroxylation is 2. The molecule has 5 rings (SSSR count). The maximum Gasteiger partial charge on any atom is 0.264 e. The second-order valence-corrected chi connectivity index (χ2v) is 8.14. The van der Waals surface area contributed by atoms with Crippen LogP contribution in [0, 0.1) is 6.92 Å². The number of hydrogen-bond donors (Lipinski definition) is 0. The van der Waals surface area contributed by atoms with E-state index < -0.39 is 0 Å². The minimum Gasteiger partial charge on any atom is -0.333 e. The van der Waals surface area contributed by atoms with Crippen LogP contribution in [0.3, 0.4) is 0 Å². The van der Waals surface area contributed by atoms with Gasteiger partial charge in [0.05, 0.1) is 22.8 Å². The van der Waals surface area contributed by atoms with Crippen molar-refractivity contribution in [2.45, 2.75) is 32.9 Å². The second-order valence-electron chi connectivity index (χ2n) is 7.11.